The van der Waals surface area contributed by atoms with Crippen LogP contribution >= 0.6 is 11.6 Å². The molecule has 0 atom stereocenters. The molecule has 0 aliphatic rings. The van der Waals surface area contributed by atoms with Crippen molar-refractivity contribution in [3.05, 3.63) is 38.9 Å². The fraction of sp³-hybridized carbons (Fsp3) is 0.538. The second-order valence-electron chi connectivity index (χ2n) is 5.15. The second kappa shape index (κ2) is 6.32. The maximum atomic E-state index is 11.0. The molecule has 1 rings (SSSR count). The molecule has 0 aliphatic carbocycles. The first kappa shape index (κ1) is 15.9. The van der Waals surface area contributed by atoms with Gasteiger partial charge in [0, 0.05) is 29.7 Å². The predicted molar refractivity (Wildman–Crippen MR) is 75.4 cm³/mol. The first-order valence-electron chi connectivity index (χ1n) is 6.10. The van der Waals surface area contributed by atoms with Crippen LogP contribution in [0, 0.1) is 10.1 Å². The van der Waals surface area contributed by atoms with E-state index in [0.29, 0.717) is 30.2 Å². The minimum atomic E-state index is -0.844. The molecular formula is C13H19ClN2O3. The van der Waals surface area contributed by atoms with Gasteiger partial charge in [-0.2, -0.15) is 0 Å². The third kappa shape index (κ3) is 5.14. The smallest absolute Gasteiger partial charge is 0.273 e. The van der Waals surface area contributed by atoms with Gasteiger partial charge < -0.3 is 5.11 Å². The van der Waals surface area contributed by atoms with Crippen LogP contribution in [-0.4, -0.2) is 33.6 Å². The number of nitro benzene ring substituents is 1. The van der Waals surface area contributed by atoms with E-state index in [1.807, 2.05) is 11.8 Å². The van der Waals surface area contributed by atoms with Gasteiger partial charge in [0.1, 0.15) is 0 Å². The summed E-state index contributed by atoms with van der Waals surface area (Å²) in [5, 5.41) is 21.3. The van der Waals surface area contributed by atoms with E-state index < -0.39 is 10.5 Å². The average Bonchev–Trinajstić information content (AvgIpc) is 2.25. The standard InChI is InChI=1S/C13H19ClN2O3/c1-4-15(9-13(2,3)17)8-10-7-11(14)5-6-12(10)16(18)19/h5-7,17H,4,8-9H2,1-3H3. The van der Waals surface area contributed by atoms with Crippen LogP contribution in [0.25, 0.3) is 0 Å². The minimum Gasteiger partial charge on any atom is -0.389 e. The molecule has 5 nitrogen and oxygen atoms in total. The highest BCUT2D eigenvalue weighted by Gasteiger charge is 2.21. The molecule has 1 aromatic rings. The molecule has 0 bridgehead atoms. The highest BCUT2D eigenvalue weighted by atomic mass is 35.5. The van der Waals surface area contributed by atoms with Crippen molar-refractivity contribution in [3.63, 3.8) is 0 Å². The van der Waals surface area contributed by atoms with Crippen LogP contribution in [0.4, 0.5) is 5.69 Å². The summed E-state index contributed by atoms with van der Waals surface area (Å²) in [5.41, 5.74) is -0.231. The van der Waals surface area contributed by atoms with Crippen LogP contribution in [0.2, 0.25) is 5.02 Å². The Morgan fingerprint density at radius 2 is 2.11 bits per heavy atom. The number of halogens is 1. The zero-order chi connectivity index (χ0) is 14.6. The van der Waals surface area contributed by atoms with E-state index in [-0.39, 0.29) is 5.69 Å². The zero-order valence-electron chi connectivity index (χ0n) is 11.4. The topological polar surface area (TPSA) is 66.6 Å². The van der Waals surface area contributed by atoms with Gasteiger partial charge in [-0.15, -0.1) is 0 Å². The Balaban J connectivity index is 2.96. The normalized spacial score (nSPS) is 11.9. The lowest BCUT2D eigenvalue weighted by molar-refractivity contribution is -0.385. The molecule has 19 heavy (non-hydrogen) atoms. The molecule has 0 spiro atoms. The largest absolute Gasteiger partial charge is 0.389 e. The Kier molecular flexibility index (Phi) is 5.29. The van der Waals surface area contributed by atoms with E-state index in [4.69, 9.17) is 11.6 Å². The lowest BCUT2D eigenvalue weighted by Gasteiger charge is -2.27. The number of rotatable bonds is 6. The van der Waals surface area contributed by atoms with E-state index in [1.54, 1.807) is 19.9 Å². The molecular weight excluding hydrogens is 268 g/mol. The quantitative estimate of drug-likeness (QED) is 0.645. The van der Waals surface area contributed by atoms with Gasteiger partial charge in [0.15, 0.2) is 0 Å². The van der Waals surface area contributed by atoms with Gasteiger partial charge in [-0.1, -0.05) is 18.5 Å². The fourth-order valence-electron chi connectivity index (χ4n) is 1.93. The molecule has 0 heterocycles. The van der Waals surface area contributed by atoms with Crippen LogP contribution in [0.3, 0.4) is 0 Å². The van der Waals surface area contributed by atoms with Gasteiger partial charge in [-0.25, -0.2) is 0 Å². The maximum absolute atomic E-state index is 11.0. The Morgan fingerprint density at radius 3 is 2.58 bits per heavy atom. The van der Waals surface area contributed by atoms with Gasteiger partial charge in [0.25, 0.3) is 5.69 Å². The maximum Gasteiger partial charge on any atom is 0.273 e. The summed E-state index contributed by atoms with van der Waals surface area (Å²) in [5.74, 6) is 0. The molecule has 6 heteroatoms. The molecule has 0 aromatic heterocycles. The number of benzene rings is 1. The highest BCUT2D eigenvalue weighted by molar-refractivity contribution is 6.30. The third-order valence-electron chi connectivity index (χ3n) is 2.69. The Bertz CT molecular complexity index is 458. The number of likely N-dealkylation sites (N-methyl/N-ethyl adjacent to an activating group) is 1. The van der Waals surface area contributed by atoms with E-state index in [0.717, 1.165) is 0 Å². The van der Waals surface area contributed by atoms with Gasteiger partial charge in [0.05, 0.1) is 10.5 Å². The minimum absolute atomic E-state index is 0.0543. The molecule has 0 aliphatic heterocycles. The van der Waals surface area contributed by atoms with Gasteiger partial charge in [-0.05, 0) is 32.5 Å². The van der Waals surface area contributed by atoms with E-state index in [1.165, 1.54) is 12.1 Å². The van der Waals surface area contributed by atoms with Crippen molar-refractivity contribution >= 4 is 17.3 Å². The zero-order valence-corrected chi connectivity index (χ0v) is 12.1. The molecule has 0 radical (unpaired) electrons. The molecule has 0 saturated heterocycles. The molecule has 106 valence electrons. The van der Waals surface area contributed by atoms with E-state index in [2.05, 4.69) is 0 Å². The van der Waals surface area contributed by atoms with Crippen LogP contribution in [0.5, 0.6) is 0 Å². The number of aliphatic hydroxyl groups is 1. The molecule has 0 saturated carbocycles. The lowest BCUT2D eigenvalue weighted by Crippen LogP contribution is -2.38. The predicted octanol–water partition coefficient (Wildman–Crippen LogP) is 2.84. The number of nitrogens with zero attached hydrogens (tertiary/aromatic N) is 2. The van der Waals surface area contributed by atoms with Crippen LogP contribution in [0.1, 0.15) is 26.3 Å². The molecule has 0 amide bonds. The SMILES string of the molecule is CCN(Cc1cc(Cl)ccc1[N+](=O)[O-])CC(C)(C)O. The van der Waals surface area contributed by atoms with Crippen LogP contribution < -0.4 is 0 Å². The fourth-order valence-corrected chi connectivity index (χ4v) is 2.12. The summed E-state index contributed by atoms with van der Waals surface area (Å²) in [4.78, 5) is 12.5. The van der Waals surface area contributed by atoms with Crippen LogP contribution in [0.15, 0.2) is 18.2 Å². The first-order valence-corrected chi connectivity index (χ1v) is 6.48. The summed E-state index contributed by atoms with van der Waals surface area (Å²) in [6, 6.07) is 4.53. The molecule has 1 N–H and O–H groups in total. The molecule has 1 aromatic carbocycles. The van der Waals surface area contributed by atoms with Crippen molar-refractivity contribution in [2.75, 3.05) is 13.1 Å². The Morgan fingerprint density at radius 1 is 1.47 bits per heavy atom. The van der Waals surface area contributed by atoms with Gasteiger partial charge >= 0.3 is 0 Å². The van der Waals surface area contributed by atoms with Gasteiger partial charge in [-0.3, -0.25) is 15.0 Å². The van der Waals surface area contributed by atoms with Gasteiger partial charge in [0.2, 0.25) is 0 Å². The van der Waals surface area contributed by atoms with Crippen LogP contribution in [-0.2, 0) is 6.54 Å². The van der Waals surface area contributed by atoms with Crippen molar-refractivity contribution < 1.29 is 10.0 Å². The van der Waals surface area contributed by atoms with Crippen molar-refractivity contribution in [1.29, 1.82) is 0 Å². The van der Waals surface area contributed by atoms with Crippen molar-refractivity contribution in [3.8, 4) is 0 Å². The Hall–Kier alpha value is -1.17. The summed E-state index contributed by atoms with van der Waals surface area (Å²) >= 11 is 5.89. The molecule has 0 fully saturated rings. The summed E-state index contributed by atoms with van der Waals surface area (Å²) in [7, 11) is 0. The summed E-state index contributed by atoms with van der Waals surface area (Å²) < 4.78 is 0. The average molecular weight is 287 g/mol. The number of nitro groups is 1. The van der Waals surface area contributed by atoms with E-state index in [9.17, 15) is 15.2 Å². The second-order valence-corrected chi connectivity index (χ2v) is 5.58. The highest BCUT2D eigenvalue weighted by Crippen LogP contribution is 2.24. The number of hydrogen-bond donors (Lipinski definition) is 1. The van der Waals surface area contributed by atoms with Crippen molar-refractivity contribution in [2.45, 2.75) is 32.9 Å². The van der Waals surface area contributed by atoms with E-state index >= 15 is 0 Å². The summed E-state index contributed by atoms with van der Waals surface area (Å²) in [6.07, 6.45) is 0. The lowest BCUT2D eigenvalue weighted by atomic mass is 10.1. The summed E-state index contributed by atoms with van der Waals surface area (Å²) in [6.45, 7) is 6.88. The molecule has 0 unspecified atom stereocenters. The van der Waals surface area contributed by atoms with Crippen molar-refractivity contribution in [2.24, 2.45) is 0 Å². The first-order chi connectivity index (χ1) is 8.73. The number of hydrogen-bond acceptors (Lipinski definition) is 4. The monoisotopic (exact) mass is 286 g/mol. The third-order valence-corrected chi connectivity index (χ3v) is 2.93. The van der Waals surface area contributed by atoms with Crippen molar-refractivity contribution in [1.82, 2.24) is 4.90 Å². The Labute approximate surface area is 117 Å².